The number of hydrogen-bond donors (Lipinski definition) is 1. The molecular weight excluding hydrogens is 502 g/mol. The van der Waals surface area contributed by atoms with Crippen LogP contribution in [-0.2, 0) is 25.6 Å². The number of carbonyl (C=O) groups excluding carboxylic acids is 4. The summed E-state index contributed by atoms with van der Waals surface area (Å²) in [6.45, 7) is 2.69. The number of halogens is 1. The molecule has 1 saturated heterocycles. The maximum Gasteiger partial charge on any atom is 0.373 e. The van der Waals surface area contributed by atoms with Crippen molar-refractivity contribution in [1.29, 1.82) is 0 Å². The van der Waals surface area contributed by atoms with Crippen LogP contribution >= 0.6 is 11.6 Å². The Morgan fingerprint density at radius 1 is 1.31 bits per heavy atom. The average molecular weight is 522 g/mol. The van der Waals surface area contributed by atoms with Crippen LogP contribution in [0.3, 0.4) is 0 Å². The standard InChI is InChI=1S/C22H20ClN3O10/c1-4-34-20(28)11(2)35-18-12(7-13(23)9-16(18)26(31)32)8-15-19(27)25(22(30)24-15)10-14-5-6-17(36-14)21(29)33-3/h5-9,11H,4,10H2,1-3H3,(H,24,30)/b15-8-/t11-/m0/s1. The smallest absolute Gasteiger partial charge is 0.373 e. The Morgan fingerprint density at radius 3 is 2.67 bits per heavy atom. The van der Waals surface area contributed by atoms with Crippen LogP contribution in [0.15, 0.2) is 34.4 Å². The van der Waals surface area contributed by atoms with Crippen LogP contribution in [0.2, 0.25) is 5.02 Å². The molecule has 14 heteroatoms. The van der Waals surface area contributed by atoms with Crippen molar-refractivity contribution in [2.24, 2.45) is 0 Å². The zero-order valence-electron chi connectivity index (χ0n) is 19.2. The number of imide groups is 1. The van der Waals surface area contributed by atoms with E-state index in [1.54, 1.807) is 6.92 Å². The summed E-state index contributed by atoms with van der Waals surface area (Å²) in [5.74, 6) is -2.62. The highest BCUT2D eigenvalue weighted by Gasteiger charge is 2.35. The normalized spacial score (nSPS) is 15.0. The first-order valence-corrected chi connectivity index (χ1v) is 10.8. The van der Waals surface area contributed by atoms with E-state index in [0.717, 1.165) is 17.0 Å². The molecule has 0 radical (unpaired) electrons. The van der Waals surface area contributed by atoms with Gasteiger partial charge in [-0.3, -0.25) is 19.8 Å². The van der Waals surface area contributed by atoms with Gasteiger partial charge in [0.2, 0.25) is 11.5 Å². The van der Waals surface area contributed by atoms with Gasteiger partial charge in [-0.1, -0.05) is 11.6 Å². The van der Waals surface area contributed by atoms with Crippen LogP contribution in [0, 0.1) is 10.1 Å². The minimum Gasteiger partial charge on any atom is -0.471 e. The zero-order valence-corrected chi connectivity index (χ0v) is 20.0. The van der Waals surface area contributed by atoms with E-state index in [4.69, 9.17) is 25.5 Å². The lowest BCUT2D eigenvalue weighted by atomic mass is 10.1. The van der Waals surface area contributed by atoms with Crippen molar-refractivity contribution in [2.75, 3.05) is 13.7 Å². The maximum absolute atomic E-state index is 12.9. The van der Waals surface area contributed by atoms with Crippen LogP contribution in [0.1, 0.15) is 35.7 Å². The third-order valence-corrected chi connectivity index (χ3v) is 5.02. The van der Waals surface area contributed by atoms with E-state index in [-0.39, 0.29) is 46.7 Å². The molecule has 1 aliphatic rings. The number of amides is 3. The first-order valence-electron chi connectivity index (χ1n) is 10.4. The Hall–Kier alpha value is -4.39. The quantitative estimate of drug-likeness (QED) is 0.170. The van der Waals surface area contributed by atoms with Gasteiger partial charge < -0.3 is 23.9 Å². The first kappa shape index (κ1) is 26.2. The summed E-state index contributed by atoms with van der Waals surface area (Å²) in [6.07, 6.45) is -0.0933. The molecule has 2 aromatic rings. The fraction of sp³-hybridized carbons (Fsp3) is 0.273. The molecule has 3 rings (SSSR count). The summed E-state index contributed by atoms with van der Waals surface area (Å²) in [7, 11) is 1.17. The molecule has 1 aliphatic heterocycles. The van der Waals surface area contributed by atoms with E-state index in [0.29, 0.717) is 0 Å². The topological polar surface area (TPSA) is 168 Å². The molecular formula is C22H20ClN3O10. The molecule has 13 nitrogen and oxygen atoms in total. The number of urea groups is 1. The highest BCUT2D eigenvalue weighted by atomic mass is 35.5. The lowest BCUT2D eigenvalue weighted by Gasteiger charge is -2.16. The van der Waals surface area contributed by atoms with Gasteiger partial charge in [-0.05, 0) is 38.1 Å². The molecule has 1 fully saturated rings. The predicted molar refractivity (Wildman–Crippen MR) is 122 cm³/mol. The predicted octanol–water partition coefficient (Wildman–Crippen LogP) is 3.05. The number of rotatable bonds is 9. The summed E-state index contributed by atoms with van der Waals surface area (Å²) in [5.41, 5.74) is -0.850. The number of hydrogen-bond acceptors (Lipinski definition) is 10. The van der Waals surface area contributed by atoms with Gasteiger partial charge in [-0.25, -0.2) is 14.4 Å². The van der Waals surface area contributed by atoms with Gasteiger partial charge in [0.15, 0.2) is 6.10 Å². The SMILES string of the molecule is CCOC(=O)[C@H](C)Oc1c(/C=C2\NC(=O)N(Cc3ccc(C(=O)OC)o3)C2=O)cc(Cl)cc1[N+](=O)[O-]. The van der Waals surface area contributed by atoms with Gasteiger partial charge >= 0.3 is 23.7 Å². The third kappa shape index (κ3) is 5.63. The van der Waals surface area contributed by atoms with Crippen molar-refractivity contribution in [1.82, 2.24) is 10.2 Å². The minimum atomic E-state index is -1.23. The summed E-state index contributed by atoms with van der Waals surface area (Å²) < 4.78 is 20.2. The van der Waals surface area contributed by atoms with Crippen molar-refractivity contribution >= 4 is 47.2 Å². The maximum atomic E-state index is 12.9. The Bertz CT molecular complexity index is 1270. The Morgan fingerprint density at radius 2 is 2.03 bits per heavy atom. The number of nitro groups is 1. The number of ether oxygens (including phenoxy) is 3. The Labute approximate surface area is 208 Å². The molecule has 36 heavy (non-hydrogen) atoms. The highest BCUT2D eigenvalue weighted by Crippen LogP contribution is 2.37. The number of esters is 2. The van der Waals surface area contributed by atoms with Crippen molar-refractivity contribution in [3.63, 3.8) is 0 Å². The second-order valence-corrected chi connectivity index (χ2v) is 7.69. The molecule has 0 saturated carbocycles. The van der Waals surface area contributed by atoms with Crippen LogP contribution in [0.5, 0.6) is 5.75 Å². The van der Waals surface area contributed by atoms with E-state index < -0.39 is 40.6 Å². The van der Waals surface area contributed by atoms with Crippen molar-refractivity contribution in [3.05, 3.63) is 62.2 Å². The Balaban J connectivity index is 1.94. The number of nitrogens with one attached hydrogen (secondary N) is 1. The number of carbonyl (C=O) groups is 4. The van der Waals surface area contributed by atoms with Gasteiger partial charge in [0, 0.05) is 16.7 Å². The molecule has 1 aromatic carbocycles. The van der Waals surface area contributed by atoms with E-state index in [1.807, 2.05) is 0 Å². The van der Waals surface area contributed by atoms with Gasteiger partial charge in [0.1, 0.15) is 11.5 Å². The summed E-state index contributed by atoms with van der Waals surface area (Å²) >= 11 is 6.03. The van der Waals surface area contributed by atoms with Gasteiger partial charge in [0.05, 0.1) is 25.2 Å². The summed E-state index contributed by atoms with van der Waals surface area (Å²) in [6, 6.07) is 4.22. The van der Waals surface area contributed by atoms with Crippen molar-refractivity contribution in [2.45, 2.75) is 26.5 Å². The Kier molecular flexibility index (Phi) is 7.94. The largest absolute Gasteiger partial charge is 0.471 e. The number of methoxy groups -OCH3 is 1. The second-order valence-electron chi connectivity index (χ2n) is 7.25. The zero-order chi connectivity index (χ0) is 26.6. The lowest BCUT2D eigenvalue weighted by Crippen LogP contribution is -2.30. The fourth-order valence-corrected chi connectivity index (χ4v) is 3.38. The molecule has 0 bridgehead atoms. The molecule has 1 N–H and O–H groups in total. The van der Waals surface area contributed by atoms with E-state index in [1.165, 1.54) is 32.2 Å². The molecule has 1 atom stereocenters. The average Bonchev–Trinajstić information content (AvgIpc) is 3.40. The highest BCUT2D eigenvalue weighted by molar-refractivity contribution is 6.31. The molecule has 2 heterocycles. The molecule has 3 amide bonds. The monoisotopic (exact) mass is 521 g/mol. The van der Waals surface area contributed by atoms with E-state index in [9.17, 15) is 29.3 Å². The molecule has 0 unspecified atom stereocenters. The van der Waals surface area contributed by atoms with Crippen molar-refractivity contribution in [3.8, 4) is 5.75 Å². The summed E-state index contributed by atoms with van der Waals surface area (Å²) in [4.78, 5) is 60.6. The van der Waals surface area contributed by atoms with Crippen LogP contribution in [-0.4, -0.2) is 53.5 Å². The first-order chi connectivity index (χ1) is 17.0. The molecule has 190 valence electrons. The third-order valence-electron chi connectivity index (χ3n) is 4.80. The molecule has 1 aromatic heterocycles. The van der Waals surface area contributed by atoms with Crippen LogP contribution in [0.25, 0.3) is 6.08 Å². The van der Waals surface area contributed by atoms with Gasteiger partial charge in [-0.2, -0.15) is 0 Å². The number of nitrogens with zero attached hydrogens (tertiary/aromatic N) is 2. The summed E-state index contributed by atoms with van der Waals surface area (Å²) in [5, 5.41) is 13.9. The molecule has 0 spiro atoms. The second kappa shape index (κ2) is 10.9. The van der Waals surface area contributed by atoms with Crippen LogP contribution in [0.4, 0.5) is 10.5 Å². The van der Waals surface area contributed by atoms with Crippen molar-refractivity contribution < 1.29 is 42.7 Å². The number of furan rings is 1. The molecule has 0 aliphatic carbocycles. The van der Waals surface area contributed by atoms with E-state index >= 15 is 0 Å². The fourth-order valence-electron chi connectivity index (χ4n) is 3.16. The lowest BCUT2D eigenvalue weighted by molar-refractivity contribution is -0.386. The number of benzene rings is 1. The van der Waals surface area contributed by atoms with Gasteiger partial charge in [0.25, 0.3) is 5.91 Å². The van der Waals surface area contributed by atoms with Gasteiger partial charge in [-0.15, -0.1) is 0 Å². The number of nitro benzene ring substituents is 1. The minimum absolute atomic E-state index is 0.0400. The van der Waals surface area contributed by atoms with E-state index in [2.05, 4.69) is 10.1 Å². The van der Waals surface area contributed by atoms with Crippen LogP contribution < -0.4 is 10.1 Å².